The van der Waals surface area contributed by atoms with Gasteiger partial charge in [-0.1, -0.05) is 23.7 Å². The van der Waals surface area contributed by atoms with Crippen LogP contribution in [0.3, 0.4) is 0 Å². The maximum Gasteiger partial charge on any atom is 0.188 e. The summed E-state index contributed by atoms with van der Waals surface area (Å²) in [7, 11) is 0. The number of ether oxygens (including phenoxy) is 2. The molecule has 0 aromatic heterocycles. The third-order valence-electron chi connectivity index (χ3n) is 4.65. The number of fused-ring (bicyclic) bond motifs is 4. The van der Waals surface area contributed by atoms with E-state index in [4.69, 9.17) is 33.3 Å². The van der Waals surface area contributed by atoms with Gasteiger partial charge in [0.1, 0.15) is 0 Å². The summed E-state index contributed by atoms with van der Waals surface area (Å²) in [5.74, 6) is 1.55. The number of hydrogen-bond donors (Lipinski definition) is 1. The standard InChI is InChI=1S/C19H19ClN2O2S/c1-3-23-16-6-4-5-14-15-11-19(2,24-17(14)16)22(18(25)21-15)13-9-7-12(20)8-10-13/h4-10,15H,3,11H2,1-2H3,(H,21,25)/t15-,19-/m0/s1. The largest absolute Gasteiger partial charge is 0.490 e. The second-order valence-corrected chi connectivity index (χ2v) is 7.23. The fourth-order valence-electron chi connectivity index (χ4n) is 3.61. The third kappa shape index (κ3) is 2.71. The Morgan fingerprint density at radius 3 is 2.80 bits per heavy atom. The van der Waals surface area contributed by atoms with Crippen molar-refractivity contribution >= 4 is 34.6 Å². The zero-order valence-electron chi connectivity index (χ0n) is 14.1. The van der Waals surface area contributed by atoms with Gasteiger partial charge in [-0.2, -0.15) is 0 Å². The van der Waals surface area contributed by atoms with Gasteiger partial charge in [-0.3, -0.25) is 4.90 Å². The lowest BCUT2D eigenvalue weighted by atomic mass is 9.90. The van der Waals surface area contributed by atoms with Crippen LogP contribution in [0.1, 0.15) is 31.9 Å². The van der Waals surface area contributed by atoms with Crippen molar-refractivity contribution in [3.8, 4) is 11.5 Å². The number of anilines is 1. The predicted octanol–water partition coefficient (Wildman–Crippen LogP) is 4.67. The molecule has 1 fully saturated rings. The Labute approximate surface area is 157 Å². The highest BCUT2D eigenvalue weighted by Crippen LogP contribution is 2.49. The topological polar surface area (TPSA) is 33.7 Å². The smallest absolute Gasteiger partial charge is 0.188 e. The number of hydrogen-bond acceptors (Lipinski definition) is 3. The van der Waals surface area contributed by atoms with Crippen LogP contribution in [0.15, 0.2) is 42.5 Å². The Balaban J connectivity index is 1.79. The second-order valence-electron chi connectivity index (χ2n) is 6.40. The summed E-state index contributed by atoms with van der Waals surface area (Å²) >= 11 is 11.7. The first kappa shape index (κ1) is 16.5. The molecule has 0 radical (unpaired) electrons. The van der Waals surface area contributed by atoms with Crippen LogP contribution in [-0.2, 0) is 0 Å². The molecular formula is C19H19ClN2O2S. The van der Waals surface area contributed by atoms with Crippen molar-refractivity contribution in [3.63, 3.8) is 0 Å². The van der Waals surface area contributed by atoms with E-state index in [1.165, 1.54) is 0 Å². The van der Waals surface area contributed by atoms with Crippen molar-refractivity contribution in [3.05, 3.63) is 53.1 Å². The van der Waals surface area contributed by atoms with Crippen LogP contribution in [0.2, 0.25) is 5.02 Å². The number of benzene rings is 2. The molecule has 2 aliphatic heterocycles. The molecule has 130 valence electrons. The van der Waals surface area contributed by atoms with Crippen LogP contribution < -0.4 is 19.7 Å². The molecule has 2 aromatic rings. The van der Waals surface area contributed by atoms with E-state index in [1.54, 1.807) is 0 Å². The van der Waals surface area contributed by atoms with Gasteiger partial charge >= 0.3 is 0 Å². The van der Waals surface area contributed by atoms with Crippen molar-refractivity contribution < 1.29 is 9.47 Å². The van der Waals surface area contributed by atoms with Crippen LogP contribution in [0.25, 0.3) is 0 Å². The number of halogens is 1. The van der Waals surface area contributed by atoms with Crippen LogP contribution >= 0.6 is 23.8 Å². The number of para-hydroxylation sites is 1. The third-order valence-corrected chi connectivity index (χ3v) is 5.20. The fourth-order valence-corrected chi connectivity index (χ4v) is 4.18. The summed E-state index contributed by atoms with van der Waals surface area (Å²) in [6.07, 6.45) is 0.776. The second kappa shape index (κ2) is 6.07. The highest BCUT2D eigenvalue weighted by Gasteiger charge is 2.49. The summed E-state index contributed by atoms with van der Waals surface area (Å²) in [5.41, 5.74) is 1.43. The quantitative estimate of drug-likeness (QED) is 0.789. The van der Waals surface area contributed by atoms with Gasteiger partial charge in [-0.25, -0.2) is 0 Å². The zero-order chi connectivity index (χ0) is 17.6. The summed E-state index contributed by atoms with van der Waals surface area (Å²) in [6.45, 7) is 4.62. The lowest BCUT2D eigenvalue weighted by Crippen LogP contribution is -2.65. The molecule has 0 amide bonds. The van der Waals surface area contributed by atoms with Crippen LogP contribution in [0.4, 0.5) is 5.69 Å². The van der Waals surface area contributed by atoms with Gasteiger partial charge in [-0.15, -0.1) is 0 Å². The van der Waals surface area contributed by atoms with Crippen molar-refractivity contribution in [2.75, 3.05) is 11.5 Å². The molecule has 1 N–H and O–H groups in total. The highest BCUT2D eigenvalue weighted by atomic mass is 35.5. The van der Waals surface area contributed by atoms with Crippen molar-refractivity contribution in [1.82, 2.24) is 5.32 Å². The molecule has 1 saturated heterocycles. The normalized spacial score (nSPS) is 24.2. The van der Waals surface area contributed by atoms with E-state index in [0.717, 1.165) is 29.2 Å². The molecule has 6 heteroatoms. The van der Waals surface area contributed by atoms with E-state index in [2.05, 4.69) is 18.3 Å². The van der Waals surface area contributed by atoms with Crippen LogP contribution in [-0.4, -0.2) is 17.4 Å². The van der Waals surface area contributed by atoms with E-state index in [-0.39, 0.29) is 6.04 Å². The minimum Gasteiger partial charge on any atom is -0.490 e. The molecule has 0 saturated carbocycles. The fraction of sp³-hybridized carbons (Fsp3) is 0.316. The number of nitrogens with one attached hydrogen (secondary N) is 1. The van der Waals surface area contributed by atoms with E-state index >= 15 is 0 Å². The Morgan fingerprint density at radius 2 is 2.08 bits per heavy atom. The molecule has 2 heterocycles. The Bertz CT molecular complexity index is 827. The molecule has 2 aromatic carbocycles. The predicted molar refractivity (Wildman–Crippen MR) is 104 cm³/mol. The van der Waals surface area contributed by atoms with Gasteiger partial charge in [0.05, 0.1) is 12.6 Å². The van der Waals surface area contributed by atoms with Crippen LogP contribution in [0, 0.1) is 0 Å². The highest BCUT2D eigenvalue weighted by molar-refractivity contribution is 7.80. The summed E-state index contributed by atoms with van der Waals surface area (Å²) in [5, 5.41) is 4.79. The zero-order valence-corrected chi connectivity index (χ0v) is 15.7. The molecule has 0 spiro atoms. The monoisotopic (exact) mass is 374 g/mol. The van der Waals surface area contributed by atoms with Gasteiger partial charge in [0.2, 0.25) is 0 Å². The van der Waals surface area contributed by atoms with Crippen molar-refractivity contribution in [1.29, 1.82) is 0 Å². The van der Waals surface area contributed by atoms with E-state index in [9.17, 15) is 0 Å². The maximum atomic E-state index is 6.48. The first-order chi connectivity index (χ1) is 12.0. The molecule has 2 aliphatic rings. The van der Waals surface area contributed by atoms with Crippen molar-refractivity contribution in [2.45, 2.75) is 32.0 Å². The van der Waals surface area contributed by atoms with Gasteiger partial charge in [0.25, 0.3) is 0 Å². The molecule has 25 heavy (non-hydrogen) atoms. The molecule has 2 atom stereocenters. The SMILES string of the molecule is CCOc1cccc2c1O[C@@]1(C)C[C@@H]2NC(=S)N1c1ccc(Cl)cc1. The van der Waals surface area contributed by atoms with Gasteiger partial charge in [0, 0.05) is 22.7 Å². The average Bonchev–Trinajstić information content (AvgIpc) is 2.57. The molecule has 0 unspecified atom stereocenters. The molecule has 4 nitrogen and oxygen atoms in total. The first-order valence-corrected chi connectivity index (χ1v) is 9.11. The van der Waals surface area contributed by atoms with Gasteiger partial charge < -0.3 is 14.8 Å². The maximum absolute atomic E-state index is 6.48. The van der Waals surface area contributed by atoms with Crippen LogP contribution in [0.5, 0.6) is 11.5 Å². The van der Waals surface area contributed by atoms with E-state index in [0.29, 0.717) is 16.7 Å². The Hall–Kier alpha value is -1.98. The summed E-state index contributed by atoms with van der Waals surface area (Å²) in [6, 6.07) is 13.7. The minimum atomic E-state index is -0.596. The minimum absolute atomic E-state index is 0.102. The first-order valence-electron chi connectivity index (χ1n) is 8.33. The lowest BCUT2D eigenvalue weighted by Gasteiger charge is -2.52. The van der Waals surface area contributed by atoms with E-state index < -0.39 is 5.72 Å². The molecule has 4 rings (SSSR count). The van der Waals surface area contributed by atoms with Gasteiger partial charge in [0.15, 0.2) is 22.3 Å². The number of thiocarbonyl (C=S) groups is 1. The lowest BCUT2D eigenvalue weighted by molar-refractivity contribution is 0.0457. The average molecular weight is 375 g/mol. The summed E-state index contributed by atoms with van der Waals surface area (Å²) < 4.78 is 12.3. The molecule has 0 aliphatic carbocycles. The van der Waals surface area contributed by atoms with Gasteiger partial charge in [-0.05, 0) is 56.4 Å². The Morgan fingerprint density at radius 1 is 1.32 bits per heavy atom. The Kier molecular flexibility index (Phi) is 4.01. The number of nitrogens with zero attached hydrogens (tertiary/aromatic N) is 1. The molecular weight excluding hydrogens is 356 g/mol. The van der Waals surface area contributed by atoms with Crippen molar-refractivity contribution in [2.24, 2.45) is 0 Å². The molecule has 2 bridgehead atoms. The van der Waals surface area contributed by atoms with E-state index in [1.807, 2.05) is 48.2 Å². The number of rotatable bonds is 3. The summed E-state index contributed by atoms with van der Waals surface area (Å²) in [4.78, 5) is 2.01.